The zero-order chi connectivity index (χ0) is 74.3. The summed E-state index contributed by atoms with van der Waals surface area (Å²) in [5.41, 5.74) is 0. The Morgan fingerprint density at radius 3 is 0.921 bits per heavy atom. The Balaban J connectivity index is 0.903. The van der Waals surface area contributed by atoms with Crippen molar-refractivity contribution >= 4 is 54.8 Å². The molecule has 0 aromatic carbocycles. The number of aliphatic hydroxyl groups excluding tert-OH is 11. The van der Waals surface area contributed by atoms with Crippen LogP contribution < -0.4 is 21.3 Å². The number of carbonyl (C=O) groups excluding carboxylic acids is 4. The van der Waals surface area contributed by atoms with Gasteiger partial charge in [0, 0.05) is 53.4 Å². The van der Waals surface area contributed by atoms with E-state index in [1.165, 1.54) is 0 Å². The molecule has 8 aliphatic rings. The molecule has 32 atom stereocenters. The lowest BCUT2D eigenvalue weighted by Crippen LogP contribution is -2.68. The minimum Gasteiger partial charge on any atom is -0.394 e. The molecule has 0 aromatic rings. The number of hydrogen-bond donors (Lipinski definition) is 18. The fourth-order valence-corrected chi connectivity index (χ4v) is 13.1. The average Bonchev–Trinajstić information content (AvgIpc) is 0.797. The van der Waals surface area contributed by atoms with Gasteiger partial charge in [-0.05, 0) is 0 Å². The molecule has 46 nitrogen and oxygen atoms in total. The Morgan fingerprint density at radius 1 is 0.366 bits per heavy atom. The van der Waals surface area contributed by atoms with Crippen LogP contribution in [0.1, 0.15) is 53.4 Å². The van der Waals surface area contributed by atoms with Crippen LogP contribution in [0.25, 0.3) is 0 Å². The van der Waals surface area contributed by atoms with Crippen molar-refractivity contribution < 1.29 is 198 Å². The van der Waals surface area contributed by atoms with Gasteiger partial charge in [0.2, 0.25) is 23.6 Å². The number of rotatable bonds is 28. The van der Waals surface area contributed by atoms with Crippen LogP contribution >= 0.6 is 0 Å². The van der Waals surface area contributed by atoms with E-state index in [4.69, 9.17) is 71.1 Å². The van der Waals surface area contributed by atoms with Crippen LogP contribution in [0.3, 0.4) is 0 Å². The van der Waals surface area contributed by atoms with E-state index in [2.05, 4.69) is 33.8 Å². The lowest BCUT2D eigenvalue weighted by atomic mass is 9.95. The Morgan fingerprint density at radius 2 is 0.634 bits per heavy atom. The van der Waals surface area contributed by atoms with Crippen LogP contribution in [0.5, 0.6) is 0 Å². The first-order chi connectivity index (χ1) is 47.2. The maximum atomic E-state index is 12.7. The maximum Gasteiger partial charge on any atom is 0.397 e. The van der Waals surface area contributed by atoms with Gasteiger partial charge in [-0.25, -0.2) is 12.5 Å². The highest BCUT2D eigenvalue weighted by Gasteiger charge is 2.56. The fraction of sp³-hybridized carbons (Fsp3) is 0.923. The van der Waals surface area contributed by atoms with Crippen molar-refractivity contribution in [3.63, 3.8) is 0 Å². The quantitative estimate of drug-likeness (QED) is 0.0324. The van der Waals surface area contributed by atoms with Crippen LogP contribution in [-0.2, 0) is 134 Å². The van der Waals surface area contributed by atoms with Gasteiger partial charge >= 0.3 is 31.2 Å². The summed E-state index contributed by atoms with van der Waals surface area (Å²) in [6.45, 7) is -2.30. The molecule has 101 heavy (non-hydrogen) atoms. The molecule has 8 unspecified atom stereocenters. The van der Waals surface area contributed by atoms with Gasteiger partial charge in [0.25, 0.3) is 0 Å². The smallest absolute Gasteiger partial charge is 0.394 e. The van der Waals surface area contributed by atoms with Crippen molar-refractivity contribution in [2.45, 2.75) is 250 Å². The number of nitrogens with one attached hydrogen (secondary N) is 4. The molecule has 8 fully saturated rings. The first kappa shape index (κ1) is 83.1. The lowest BCUT2D eigenvalue weighted by Gasteiger charge is -2.48. The van der Waals surface area contributed by atoms with Gasteiger partial charge in [0.1, 0.15) is 122 Å². The molecule has 49 heteroatoms. The van der Waals surface area contributed by atoms with Crippen LogP contribution in [0, 0.1) is 0 Å². The van der Waals surface area contributed by atoms with Crippen molar-refractivity contribution in [1.29, 1.82) is 0 Å². The van der Waals surface area contributed by atoms with Crippen LogP contribution in [0.2, 0.25) is 0 Å². The number of carbonyl (C=O) groups is 4. The third-order valence-electron chi connectivity index (χ3n) is 16.9. The summed E-state index contributed by atoms with van der Waals surface area (Å²) in [6, 6.07) is -6.46. The lowest BCUT2D eigenvalue weighted by molar-refractivity contribution is -0.352. The highest BCUT2D eigenvalue weighted by Crippen LogP contribution is 2.37. The van der Waals surface area contributed by atoms with E-state index < -0.39 is 317 Å². The van der Waals surface area contributed by atoms with Gasteiger partial charge in [-0.15, -0.1) is 0 Å². The topological polar surface area (TPSA) is 668 Å². The summed E-state index contributed by atoms with van der Waals surface area (Å²) >= 11 is 0. The van der Waals surface area contributed by atoms with E-state index in [-0.39, 0.29) is 13.0 Å². The van der Waals surface area contributed by atoms with Gasteiger partial charge in [0.05, 0.1) is 77.3 Å². The molecule has 584 valence electrons. The van der Waals surface area contributed by atoms with Crippen LogP contribution in [-0.4, -0.2) is 368 Å². The molecule has 0 spiro atoms. The summed E-state index contributed by atoms with van der Waals surface area (Å²) in [6.07, 6.45) is -48.3. The van der Waals surface area contributed by atoms with Crippen molar-refractivity contribution in [1.82, 2.24) is 21.3 Å². The largest absolute Gasteiger partial charge is 0.397 e. The predicted octanol–water partition coefficient (Wildman–Crippen LogP) is -11.7. The van der Waals surface area contributed by atoms with Gasteiger partial charge in [-0.3, -0.25) is 32.8 Å². The molecule has 0 aliphatic carbocycles. The fourth-order valence-electron chi connectivity index (χ4n) is 12.2. The van der Waals surface area contributed by atoms with Gasteiger partial charge in [-0.2, -0.15) is 25.3 Å². The number of ether oxygens (including phenoxy) is 15. The Bertz CT molecular complexity index is 3080. The highest BCUT2D eigenvalue weighted by molar-refractivity contribution is 7.81. The Labute approximate surface area is 574 Å². The average molecular weight is 1540 g/mol. The van der Waals surface area contributed by atoms with E-state index in [9.17, 15) is 114 Å². The van der Waals surface area contributed by atoms with Crippen molar-refractivity contribution in [2.24, 2.45) is 0 Å². The summed E-state index contributed by atoms with van der Waals surface area (Å²) < 4.78 is 200. The third kappa shape index (κ3) is 23.2. The van der Waals surface area contributed by atoms with E-state index in [0.29, 0.717) is 0 Å². The van der Waals surface area contributed by atoms with E-state index >= 15 is 0 Å². The molecule has 4 amide bonds. The standard InChI is InChI=1S/C52H86N4O42S3/c1-17(58)53-37-41(67)46(30(88-49(37)71)14-85-99(72,73)74)96-34-6-23(64)28(12-82-34)91-51-39(55-19(3)60)44(70)48(32(93-51)16-87-101(78,79)80)98-36-8-24(65)29(13-84-36)92-52-40(56-20(4)61)43(69)47(31(94-52)15-86-100(75,76)77)97-35-7-22(63)27(11-83-35)90-50-38(54-18(2)59)42(68)45(26(9-57)89-50)95-33-5-21(62)25(66)10-81-33/h21-52,57,62-71H,5-16H2,1-4H3,(H,53,58)(H,54,59)(H,55,60)(H,56,61)(H,72,73,74)(H,75,76,77)(H,78,79,80)/t21-,22-,23-,24-,25+,26?,27-,28-,29-,30?,31?,32?,33-,34-,35-,36-,37?,38?,39?,40?,41+,42+,43+,44+,45+,46+,47+,48+,49-,50-,51+,52+/m0/s1. The molecule has 0 bridgehead atoms. The Hall–Kier alpha value is -3.55. The summed E-state index contributed by atoms with van der Waals surface area (Å²) in [5.74, 6) is -3.12. The molecule has 8 aliphatic heterocycles. The summed E-state index contributed by atoms with van der Waals surface area (Å²) in [5, 5.41) is 131. The zero-order valence-electron chi connectivity index (χ0n) is 53.9. The predicted molar refractivity (Wildman–Crippen MR) is 312 cm³/mol. The van der Waals surface area contributed by atoms with Gasteiger partial charge < -0.3 is 148 Å². The molecular formula is C52H86N4O42S3. The van der Waals surface area contributed by atoms with Crippen molar-refractivity contribution in [2.75, 3.05) is 52.9 Å². The van der Waals surface area contributed by atoms with E-state index in [1.807, 2.05) is 0 Å². The first-order valence-electron chi connectivity index (χ1n) is 31.3. The maximum absolute atomic E-state index is 12.7. The minimum absolute atomic E-state index is 0.239. The molecule has 0 aromatic heterocycles. The van der Waals surface area contributed by atoms with E-state index in [0.717, 1.165) is 27.7 Å². The normalized spacial score (nSPS) is 42.9. The molecule has 8 saturated heterocycles. The van der Waals surface area contributed by atoms with Crippen LogP contribution in [0.4, 0.5) is 0 Å². The summed E-state index contributed by atoms with van der Waals surface area (Å²) in [7, 11) is -15.7. The number of amides is 4. The minimum atomic E-state index is -5.31. The Kier molecular flexibility index (Phi) is 29.5. The number of aliphatic hydroxyl groups is 11. The summed E-state index contributed by atoms with van der Waals surface area (Å²) in [4.78, 5) is 49.6. The number of hydrogen-bond acceptors (Lipinski definition) is 39. The first-order valence-corrected chi connectivity index (χ1v) is 35.4. The second-order valence-corrected chi connectivity index (χ2v) is 27.9. The zero-order valence-corrected chi connectivity index (χ0v) is 56.3. The van der Waals surface area contributed by atoms with Crippen molar-refractivity contribution in [3.8, 4) is 0 Å². The van der Waals surface area contributed by atoms with Crippen molar-refractivity contribution in [3.05, 3.63) is 0 Å². The molecule has 0 radical (unpaired) electrons. The molecular weight excluding hydrogens is 1450 g/mol. The molecule has 18 N–H and O–H groups in total. The molecule has 8 rings (SSSR count). The second kappa shape index (κ2) is 35.9. The highest BCUT2D eigenvalue weighted by atomic mass is 32.3. The van der Waals surface area contributed by atoms with E-state index in [1.54, 1.807) is 0 Å². The molecule has 8 heterocycles. The monoisotopic (exact) mass is 1530 g/mol. The second-order valence-electron chi connectivity index (χ2n) is 24.6. The van der Waals surface area contributed by atoms with Gasteiger partial charge in [-0.1, -0.05) is 0 Å². The molecule has 0 saturated carbocycles. The van der Waals surface area contributed by atoms with Gasteiger partial charge in [0.15, 0.2) is 50.3 Å². The SMILES string of the molecule is CC(=O)NC1[C@H](O[C@H]2CO[C@@H](O[C@@H]3C(COS(=O)(=O)O)O[C@@H](O[C@H]4CO[C@@H](O[C@@H]5C(COS(=O)(=O)O)O[C@@H](O[C@H]6CO[C@@H](O[C@@H]7C(COS(=O)(=O)O)O[C@H](O)C(NC(C)=O)[C@H]7O)C[C@@H]6O)C(NC(C)=O)[C@H]5O)C[C@@H]4O)C(NC(C)=O)[C@H]3O)C[C@@H]2O)OC(CO)[C@@H](O[C@H]2C[C@H](O)[C@H](O)CO2)[C@@H]1O. The van der Waals surface area contributed by atoms with Crippen LogP contribution in [0.15, 0.2) is 0 Å². The third-order valence-corrected chi connectivity index (χ3v) is 18.2.